The number of rotatable bonds is 4. The Bertz CT molecular complexity index is 605. The lowest BCUT2D eigenvalue weighted by Gasteiger charge is -2.07. The molecule has 0 atom stereocenters. The van der Waals surface area contributed by atoms with Crippen molar-refractivity contribution in [3.63, 3.8) is 0 Å². The number of nitrogens with zero attached hydrogens (tertiary/aromatic N) is 1. The third-order valence-electron chi connectivity index (χ3n) is 3.70. The lowest BCUT2D eigenvalue weighted by Crippen LogP contribution is -2.13. The van der Waals surface area contributed by atoms with Crippen LogP contribution in [0, 0.1) is 0 Å². The quantitative estimate of drug-likeness (QED) is 0.910. The number of benzene rings is 1. The minimum Gasteiger partial charge on any atom is -0.496 e. The van der Waals surface area contributed by atoms with Gasteiger partial charge in [0.15, 0.2) is 0 Å². The molecule has 1 fully saturated rings. The van der Waals surface area contributed by atoms with Crippen molar-refractivity contribution in [2.45, 2.75) is 18.3 Å². The number of halogens is 1. The van der Waals surface area contributed by atoms with Gasteiger partial charge >= 0.3 is 0 Å². The second-order valence-corrected chi connectivity index (χ2v) is 5.79. The van der Waals surface area contributed by atoms with E-state index in [1.165, 1.54) is 0 Å². The third kappa shape index (κ3) is 2.17. The van der Waals surface area contributed by atoms with Gasteiger partial charge in [0.2, 0.25) is 0 Å². The molecule has 1 saturated carbocycles. The van der Waals surface area contributed by atoms with Crippen LogP contribution in [-0.4, -0.2) is 28.8 Å². The summed E-state index contributed by atoms with van der Waals surface area (Å²) >= 11 is 3.48. The number of hydrogen-bond donors (Lipinski definition) is 2. The van der Waals surface area contributed by atoms with Gasteiger partial charge in [0.1, 0.15) is 11.6 Å². The lowest BCUT2D eigenvalue weighted by molar-refractivity contribution is 0.250. The van der Waals surface area contributed by atoms with Crippen molar-refractivity contribution < 1.29 is 9.84 Å². The van der Waals surface area contributed by atoms with Crippen molar-refractivity contribution in [2.75, 3.05) is 13.7 Å². The Kier molecular flexibility index (Phi) is 3.11. The van der Waals surface area contributed by atoms with Crippen LogP contribution in [0.3, 0.4) is 0 Å². The molecule has 1 heterocycles. The highest BCUT2D eigenvalue weighted by Crippen LogP contribution is 2.46. The van der Waals surface area contributed by atoms with Gasteiger partial charge in [0.25, 0.3) is 0 Å². The molecule has 0 radical (unpaired) electrons. The van der Waals surface area contributed by atoms with E-state index in [1.807, 2.05) is 24.4 Å². The minimum absolute atomic E-state index is 0.123. The van der Waals surface area contributed by atoms with E-state index in [0.717, 1.165) is 40.1 Å². The number of aliphatic hydroxyl groups excluding tert-OH is 1. The second kappa shape index (κ2) is 4.65. The molecule has 3 rings (SSSR count). The van der Waals surface area contributed by atoms with E-state index in [9.17, 15) is 5.11 Å². The van der Waals surface area contributed by atoms with Crippen molar-refractivity contribution in [3.05, 3.63) is 34.7 Å². The topological polar surface area (TPSA) is 58.1 Å². The highest BCUT2D eigenvalue weighted by molar-refractivity contribution is 9.10. The van der Waals surface area contributed by atoms with Gasteiger partial charge in [-0.3, -0.25) is 0 Å². The highest BCUT2D eigenvalue weighted by atomic mass is 79.9. The largest absolute Gasteiger partial charge is 0.496 e. The van der Waals surface area contributed by atoms with Crippen LogP contribution < -0.4 is 4.74 Å². The molecular weight excluding hydrogens is 308 g/mol. The molecule has 5 heteroatoms. The van der Waals surface area contributed by atoms with Crippen molar-refractivity contribution in [1.82, 2.24) is 9.97 Å². The minimum atomic E-state index is -0.123. The Balaban J connectivity index is 1.93. The molecule has 1 aromatic carbocycles. The van der Waals surface area contributed by atoms with E-state index in [2.05, 4.69) is 25.9 Å². The summed E-state index contributed by atoms with van der Waals surface area (Å²) < 4.78 is 6.13. The summed E-state index contributed by atoms with van der Waals surface area (Å²) in [5.41, 5.74) is 1.88. The third-order valence-corrected chi connectivity index (χ3v) is 4.32. The number of nitrogens with one attached hydrogen (secondary N) is 1. The fourth-order valence-electron chi connectivity index (χ4n) is 2.19. The summed E-state index contributed by atoms with van der Waals surface area (Å²) in [5, 5.41) is 9.42. The maximum atomic E-state index is 9.42. The summed E-state index contributed by atoms with van der Waals surface area (Å²) in [6.45, 7) is 0.159. The Hall–Kier alpha value is -1.33. The summed E-state index contributed by atoms with van der Waals surface area (Å²) in [6, 6.07) is 5.90. The van der Waals surface area contributed by atoms with Gasteiger partial charge in [0.05, 0.1) is 35.5 Å². The average molecular weight is 323 g/mol. The molecule has 4 nitrogen and oxygen atoms in total. The number of methoxy groups -OCH3 is 1. The molecule has 0 saturated heterocycles. The molecule has 1 aliphatic carbocycles. The number of H-pyrrole nitrogens is 1. The second-order valence-electron chi connectivity index (χ2n) is 4.93. The highest BCUT2D eigenvalue weighted by Gasteiger charge is 2.46. The van der Waals surface area contributed by atoms with Crippen LogP contribution in [-0.2, 0) is 5.41 Å². The monoisotopic (exact) mass is 322 g/mol. The zero-order chi connectivity index (χ0) is 13.5. The van der Waals surface area contributed by atoms with Crippen LogP contribution in [0.4, 0.5) is 0 Å². The number of hydrogen-bond acceptors (Lipinski definition) is 3. The van der Waals surface area contributed by atoms with Crippen molar-refractivity contribution in [1.29, 1.82) is 0 Å². The van der Waals surface area contributed by atoms with Crippen LogP contribution in [0.5, 0.6) is 5.75 Å². The molecule has 100 valence electrons. The molecule has 2 N–H and O–H groups in total. The first-order chi connectivity index (χ1) is 9.18. The molecule has 1 aliphatic rings. The first-order valence-corrected chi connectivity index (χ1v) is 6.98. The summed E-state index contributed by atoms with van der Waals surface area (Å²) in [6.07, 6.45) is 3.82. The zero-order valence-corrected chi connectivity index (χ0v) is 12.2. The van der Waals surface area contributed by atoms with Gasteiger partial charge < -0.3 is 14.8 Å². The standard InChI is InChI=1S/C14H15BrN2O2/c1-19-12-3-2-9(6-10(12)15)11-7-16-13(17-11)14(8-18)4-5-14/h2-3,6-7,18H,4-5,8H2,1H3,(H,16,17). The molecule has 0 aliphatic heterocycles. The molecule has 0 spiro atoms. The molecule has 0 amide bonds. The number of aromatic nitrogens is 2. The van der Waals surface area contributed by atoms with Crippen LogP contribution in [0.15, 0.2) is 28.9 Å². The lowest BCUT2D eigenvalue weighted by atomic mass is 10.1. The summed E-state index contributed by atoms with van der Waals surface area (Å²) in [4.78, 5) is 7.72. The fourth-order valence-corrected chi connectivity index (χ4v) is 2.73. The maximum absolute atomic E-state index is 9.42. The fraction of sp³-hybridized carbons (Fsp3) is 0.357. The molecule has 19 heavy (non-hydrogen) atoms. The van der Waals surface area contributed by atoms with Crippen molar-refractivity contribution in [3.8, 4) is 17.0 Å². The van der Waals surface area contributed by atoms with E-state index in [0.29, 0.717) is 0 Å². The first-order valence-electron chi connectivity index (χ1n) is 6.19. The Labute approximate surface area is 120 Å². The average Bonchev–Trinajstić information content (AvgIpc) is 3.08. The molecule has 0 unspecified atom stereocenters. The molecule has 0 bridgehead atoms. The number of aliphatic hydroxyl groups is 1. The molecular formula is C14H15BrN2O2. The Morgan fingerprint density at radius 2 is 2.26 bits per heavy atom. The maximum Gasteiger partial charge on any atom is 0.133 e. The van der Waals surface area contributed by atoms with E-state index in [4.69, 9.17) is 4.74 Å². The van der Waals surface area contributed by atoms with Crippen LogP contribution in [0.2, 0.25) is 0 Å². The van der Waals surface area contributed by atoms with Gasteiger partial charge in [-0.1, -0.05) is 0 Å². The van der Waals surface area contributed by atoms with Gasteiger partial charge in [-0.05, 0) is 47.0 Å². The number of ether oxygens (including phenoxy) is 1. The predicted molar refractivity (Wildman–Crippen MR) is 76.3 cm³/mol. The van der Waals surface area contributed by atoms with Crippen LogP contribution in [0.1, 0.15) is 18.7 Å². The van der Waals surface area contributed by atoms with Crippen molar-refractivity contribution >= 4 is 15.9 Å². The van der Waals surface area contributed by atoms with E-state index < -0.39 is 0 Å². The van der Waals surface area contributed by atoms with Gasteiger partial charge in [-0.2, -0.15) is 0 Å². The molecule has 1 aromatic heterocycles. The van der Waals surface area contributed by atoms with Crippen molar-refractivity contribution in [2.24, 2.45) is 0 Å². The van der Waals surface area contributed by atoms with Gasteiger partial charge in [-0.25, -0.2) is 4.98 Å². The Morgan fingerprint density at radius 1 is 1.47 bits per heavy atom. The van der Waals surface area contributed by atoms with Crippen LogP contribution in [0.25, 0.3) is 11.3 Å². The normalized spacial score (nSPS) is 16.4. The van der Waals surface area contributed by atoms with Gasteiger partial charge in [-0.15, -0.1) is 0 Å². The van der Waals surface area contributed by atoms with E-state index in [-0.39, 0.29) is 12.0 Å². The number of aromatic amines is 1. The smallest absolute Gasteiger partial charge is 0.133 e. The summed E-state index contributed by atoms with van der Waals surface area (Å²) in [5.74, 6) is 1.69. The summed E-state index contributed by atoms with van der Waals surface area (Å²) in [7, 11) is 1.65. The Morgan fingerprint density at radius 3 is 2.84 bits per heavy atom. The predicted octanol–water partition coefficient (Wildman–Crippen LogP) is 2.87. The number of imidazole rings is 1. The SMILES string of the molecule is COc1ccc(-c2cnc(C3(CO)CC3)[nH]2)cc1Br. The van der Waals surface area contributed by atoms with E-state index >= 15 is 0 Å². The van der Waals surface area contributed by atoms with E-state index in [1.54, 1.807) is 7.11 Å². The zero-order valence-electron chi connectivity index (χ0n) is 10.6. The van der Waals surface area contributed by atoms with Crippen LogP contribution >= 0.6 is 15.9 Å². The first kappa shape index (κ1) is 12.7. The van der Waals surface area contributed by atoms with Gasteiger partial charge in [0, 0.05) is 5.56 Å². The molecule has 2 aromatic rings.